The maximum atomic E-state index is 12.9. The van der Waals surface area contributed by atoms with E-state index < -0.39 is 47.8 Å². The second-order valence-electron chi connectivity index (χ2n) is 12.8. The van der Waals surface area contributed by atoms with Gasteiger partial charge in [0.1, 0.15) is 0 Å². The van der Waals surface area contributed by atoms with Crippen molar-refractivity contribution in [2.45, 2.75) is 126 Å². The van der Waals surface area contributed by atoms with E-state index in [4.69, 9.17) is 27.8 Å². The van der Waals surface area contributed by atoms with E-state index in [0.717, 1.165) is 5.57 Å². The van der Waals surface area contributed by atoms with Gasteiger partial charge in [-0.2, -0.15) is 26.6 Å². The van der Waals surface area contributed by atoms with Crippen LogP contribution < -0.4 is 4.18 Å². The van der Waals surface area contributed by atoms with Crippen LogP contribution >= 0.6 is 0 Å². The minimum absolute atomic E-state index is 0.142. The summed E-state index contributed by atoms with van der Waals surface area (Å²) in [7, 11) is -3.75. The zero-order chi connectivity index (χ0) is 35.8. The van der Waals surface area contributed by atoms with Crippen LogP contribution in [0.1, 0.15) is 73.6 Å². The zero-order valence-electron chi connectivity index (χ0n) is 29.1. The molecule has 5 atom stereocenters. The van der Waals surface area contributed by atoms with E-state index in [1.165, 1.54) is 7.11 Å². The van der Waals surface area contributed by atoms with Crippen molar-refractivity contribution in [3.63, 3.8) is 0 Å². The molecule has 0 saturated carbocycles. The fourth-order valence-electron chi connectivity index (χ4n) is 6.42. The van der Waals surface area contributed by atoms with Gasteiger partial charge in [0, 0.05) is 34.2 Å². The van der Waals surface area contributed by atoms with E-state index >= 15 is 0 Å². The number of hydrogen-bond acceptors (Lipinski definition) is 10. The molecule has 0 aromatic carbocycles. The van der Waals surface area contributed by atoms with Crippen LogP contribution in [0.25, 0.3) is 0 Å². The molecule has 0 unspecified atom stereocenters. The van der Waals surface area contributed by atoms with Crippen molar-refractivity contribution < 1.29 is 53.6 Å². The molecule has 1 aliphatic heterocycles. The Morgan fingerprint density at radius 3 is 2.26 bits per heavy atom. The van der Waals surface area contributed by atoms with Gasteiger partial charge in [0.15, 0.2) is 12.1 Å². The maximum Gasteiger partial charge on any atom is 0.534 e. The number of methoxy groups -OCH3 is 3. The highest BCUT2D eigenvalue weighted by molar-refractivity contribution is 7.87. The van der Waals surface area contributed by atoms with Gasteiger partial charge < -0.3 is 32.0 Å². The van der Waals surface area contributed by atoms with Crippen LogP contribution in [0.15, 0.2) is 47.1 Å². The summed E-state index contributed by atoms with van der Waals surface area (Å²) >= 11 is 0. The topological polar surface area (TPSA) is 116 Å². The van der Waals surface area contributed by atoms with Gasteiger partial charge in [-0.25, -0.2) is 0 Å². The number of hydrogen-bond donors (Lipinski definition) is 0. The lowest BCUT2D eigenvalue weighted by Crippen LogP contribution is -2.57. The third-order valence-corrected chi connectivity index (χ3v) is 15.7. The minimum atomic E-state index is -5.93. The first-order valence-corrected chi connectivity index (χ1v) is 19.2. The van der Waals surface area contributed by atoms with Crippen LogP contribution in [0.4, 0.5) is 13.2 Å². The van der Waals surface area contributed by atoms with Crippen LogP contribution in [-0.2, 0) is 39.9 Å². The van der Waals surface area contributed by atoms with Gasteiger partial charge in [-0.1, -0.05) is 71.4 Å². The molecule has 15 heteroatoms. The molecule has 0 bridgehead atoms. The lowest BCUT2D eigenvalue weighted by atomic mass is 9.92. The fraction of sp³-hybridized carbons (Fsp3) is 0.719. The summed E-state index contributed by atoms with van der Waals surface area (Å²) in [4.78, 5) is 3.82. The van der Waals surface area contributed by atoms with E-state index in [1.54, 1.807) is 20.3 Å². The summed E-state index contributed by atoms with van der Waals surface area (Å²) in [6.45, 7) is 18.9. The normalized spacial score (nSPS) is 23.2. The summed E-state index contributed by atoms with van der Waals surface area (Å²) in [5.74, 6) is -2.42. The highest BCUT2D eigenvalue weighted by Crippen LogP contribution is 2.45. The van der Waals surface area contributed by atoms with Crippen LogP contribution in [0.5, 0.6) is 5.88 Å². The number of nitrogens with zero attached hydrogens (tertiary/aromatic N) is 1. The van der Waals surface area contributed by atoms with Gasteiger partial charge in [-0.05, 0) is 30.0 Å². The molecular weight excluding hydrogens is 659 g/mol. The molecule has 1 saturated heterocycles. The van der Waals surface area contributed by atoms with Crippen molar-refractivity contribution in [1.82, 2.24) is 4.98 Å². The van der Waals surface area contributed by atoms with Crippen molar-refractivity contribution in [1.29, 1.82) is 0 Å². The quantitative estimate of drug-likeness (QED) is 0.0495. The Balaban J connectivity index is 2.57. The Kier molecular flexibility index (Phi) is 15.0. The molecular formula is C32H52F3NO9SSi. The third-order valence-electron chi connectivity index (χ3n) is 8.65. The molecule has 10 nitrogen and oxygen atoms in total. The zero-order valence-corrected chi connectivity index (χ0v) is 30.9. The van der Waals surface area contributed by atoms with Gasteiger partial charge >= 0.3 is 15.6 Å². The predicted molar refractivity (Wildman–Crippen MR) is 175 cm³/mol. The van der Waals surface area contributed by atoms with E-state index in [0.29, 0.717) is 19.1 Å². The summed E-state index contributed by atoms with van der Waals surface area (Å²) in [5.41, 5.74) is -3.89. The Hall–Kier alpha value is -2.01. The summed E-state index contributed by atoms with van der Waals surface area (Å²) < 4.78 is 102. The minimum Gasteiger partial charge on any atom is -0.445 e. The molecule has 2 rings (SSSR count). The molecule has 0 N–H and O–H groups in total. The molecule has 1 fully saturated rings. The third kappa shape index (κ3) is 10.5. The Bertz CT molecular complexity index is 1290. The lowest BCUT2D eigenvalue weighted by molar-refractivity contribution is -0.297. The van der Waals surface area contributed by atoms with E-state index in [1.807, 2.05) is 25.2 Å². The van der Waals surface area contributed by atoms with Crippen LogP contribution in [0, 0.1) is 0 Å². The molecule has 2 heterocycles. The number of oxazole rings is 1. The molecule has 1 aromatic heterocycles. The Morgan fingerprint density at radius 1 is 1.15 bits per heavy atom. The number of allylic oxidation sites excluding steroid dienone is 2. The van der Waals surface area contributed by atoms with Crippen molar-refractivity contribution >= 4 is 18.4 Å². The maximum absolute atomic E-state index is 12.9. The molecule has 1 aromatic rings. The average molecular weight is 712 g/mol. The Morgan fingerprint density at radius 2 is 1.77 bits per heavy atom. The molecule has 0 spiro atoms. The number of rotatable bonds is 18. The number of aromatic nitrogens is 1. The predicted octanol–water partition coefficient (Wildman–Crippen LogP) is 7.64. The molecule has 0 radical (unpaired) electrons. The van der Waals surface area contributed by atoms with Gasteiger partial charge in [-0.15, -0.1) is 6.58 Å². The first-order valence-electron chi connectivity index (χ1n) is 15.7. The SMILES string of the molecule is C=CC[C@H](C=CC(C)=C[C@@H](O[Si](C(C)C)(C(C)C)C(C)C)[C@H]1C[C@@H](OC)C[C@](Cc2nc(OS(=O)(=O)C(F)(F)F)co2)(OC)O1)OC. The number of ether oxygens (including phenoxy) is 4. The van der Waals surface area contributed by atoms with Crippen molar-refractivity contribution in [3.05, 3.63) is 48.6 Å². The van der Waals surface area contributed by atoms with E-state index in [2.05, 4.69) is 57.3 Å². The summed E-state index contributed by atoms with van der Waals surface area (Å²) in [6.07, 6.45) is 7.99. The lowest BCUT2D eigenvalue weighted by Gasteiger charge is -2.49. The second kappa shape index (κ2) is 17.1. The molecule has 270 valence electrons. The fourth-order valence-corrected chi connectivity index (χ4v) is 12.3. The van der Waals surface area contributed by atoms with Crippen molar-refractivity contribution in [3.8, 4) is 5.88 Å². The van der Waals surface area contributed by atoms with Crippen LogP contribution in [0.3, 0.4) is 0 Å². The van der Waals surface area contributed by atoms with Crippen molar-refractivity contribution in [2.24, 2.45) is 0 Å². The van der Waals surface area contributed by atoms with Gasteiger partial charge in [0.2, 0.25) is 14.2 Å². The smallest absolute Gasteiger partial charge is 0.445 e. The molecule has 1 aliphatic rings. The van der Waals surface area contributed by atoms with Crippen LogP contribution in [0.2, 0.25) is 16.6 Å². The average Bonchev–Trinajstić information content (AvgIpc) is 3.41. The standard InChI is InChI=1S/C32H52F3NO9SSi/c1-12-13-25(39-9)15-14-24(8)16-28(45-47(21(2)3,22(4)5)23(6)7)27-17-26(40-10)18-31(41-11,43-27)19-29-36-30(20-42-29)44-46(37,38)32(33,34)35/h12,14-16,20-23,25-28H,1,13,17-19H2,2-11H3/t25-,26-,27-,28-,31+/m1/s1. The first kappa shape index (κ1) is 41.2. The van der Waals surface area contributed by atoms with Crippen molar-refractivity contribution in [2.75, 3.05) is 21.3 Å². The van der Waals surface area contributed by atoms with E-state index in [-0.39, 0.29) is 47.6 Å². The number of alkyl halides is 3. The van der Waals surface area contributed by atoms with Crippen LogP contribution in [-0.4, -0.2) is 78.8 Å². The van der Waals surface area contributed by atoms with E-state index in [9.17, 15) is 21.6 Å². The summed E-state index contributed by atoms with van der Waals surface area (Å²) in [5, 5.41) is 0. The van der Waals surface area contributed by atoms with Gasteiger partial charge in [-0.3, -0.25) is 0 Å². The second-order valence-corrected chi connectivity index (χ2v) is 19.7. The molecule has 0 amide bonds. The van der Waals surface area contributed by atoms with Gasteiger partial charge in [0.25, 0.3) is 5.88 Å². The monoisotopic (exact) mass is 711 g/mol. The highest BCUT2D eigenvalue weighted by atomic mass is 32.2. The first-order chi connectivity index (χ1) is 21.8. The highest BCUT2D eigenvalue weighted by Gasteiger charge is 2.52. The van der Waals surface area contributed by atoms with Gasteiger partial charge in [0.05, 0.1) is 30.8 Å². The summed E-state index contributed by atoms with van der Waals surface area (Å²) in [6, 6.07) is 0. The largest absolute Gasteiger partial charge is 0.534 e. The molecule has 0 aliphatic carbocycles. The number of halogens is 3. The molecule has 47 heavy (non-hydrogen) atoms. The Labute approximate surface area is 278 Å².